The van der Waals surface area contributed by atoms with Crippen molar-refractivity contribution in [3.63, 3.8) is 0 Å². The van der Waals surface area contributed by atoms with Crippen molar-refractivity contribution >= 4 is 11.6 Å². The fourth-order valence-corrected chi connectivity index (χ4v) is 3.09. The summed E-state index contributed by atoms with van der Waals surface area (Å²) in [6.45, 7) is 3.82. The van der Waals surface area contributed by atoms with Crippen LogP contribution in [0, 0.1) is 13.8 Å². The molecule has 0 saturated heterocycles. The van der Waals surface area contributed by atoms with E-state index in [2.05, 4.69) is 0 Å². The summed E-state index contributed by atoms with van der Waals surface area (Å²) in [6, 6.07) is 17.4. The number of carbonyl (C=O) groups is 2. The third-order valence-corrected chi connectivity index (χ3v) is 4.74. The molecule has 4 nitrogen and oxygen atoms in total. The zero-order valence-corrected chi connectivity index (χ0v) is 16.4. The van der Waals surface area contributed by atoms with Gasteiger partial charge in [-0.2, -0.15) is 0 Å². The Morgan fingerprint density at radius 2 is 1.04 bits per heavy atom. The molecule has 0 aliphatic carbocycles. The van der Waals surface area contributed by atoms with Crippen molar-refractivity contribution in [3.05, 3.63) is 94.0 Å². The van der Waals surface area contributed by atoms with Gasteiger partial charge in [-0.3, -0.25) is 9.59 Å². The van der Waals surface area contributed by atoms with Gasteiger partial charge in [-0.1, -0.05) is 36.4 Å². The Balaban J connectivity index is 1.84. The number of aryl methyl sites for hydroxylation is 2. The minimum atomic E-state index is -0.113. The van der Waals surface area contributed by atoms with E-state index in [0.717, 1.165) is 16.9 Å². The maximum absolute atomic E-state index is 12.7. The second-order valence-electron chi connectivity index (χ2n) is 6.60. The quantitative estimate of drug-likeness (QED) is 0.583. The number of hydrogen-bond donors (Lipinski definition) is 0. The van der Waals surface area contributed by atoms with Crippen LogP contribution in [0.15, 0.2) is 60.7 Å². The molecule has 28 heavy (non-hydrogen) atoms. The molecule has 0 aliphatic heterocycles. The number of methoxy groups -OCH3 is 2. The van der Waals surface area contributed by atoms with Crippen LogP contribution in [0.5, 0.6) is 11.5 Å². The molecular weight excluding hydrogens is 352 g/mol. The van der Waals surface area contributed by atoms with Crippen LogP contribution < -0.4 is 9.47 Å². The molecular formula is C24H22O4. The largest absolute Gasteiger partial charge is 0.496 e. The summed E-state index contributed by atoms with van der Waals surface area (Å²) >= 11 is 0. The van der Waals surface area contributed by atoms with E-state index >= 15 is 0 Å². The van der Waals surface area contributed by atoms with Crippen molar-refractivity contribution < 1.29 is 19.1 Å². The average Bonchev–Trinajstić information content (AvgIpc) is 2.73. The molecule has 4 heteroatoms. The predicted octanol–water partition coefficient (Wildman–Crippen LogP) is 4.78. The Labute approximate surface area is 164 Å². The lowest BCUT2D eigenvalue weighted by Crippen LogP contribution is -2.05. The second-order valence-corrected chi connectivity index (χ2v) is 6.60. The van der Waals surface area contributed by atoms with E-state index in [9.17, 15) is 9.59 Å². The molecule has 0 fully saturated rings. The highest BCUT2D eigenvalue weighted by Crippen LogP contribution is 2.23. The van der Waals surface area contributed by atoms with E-state index in [1.54, 1.807) is 68.8 Å². The number of carbonyl (C=O) groups excluding carboxylic acids is 2. The second kappa shape index (κ2) is 8.09. The van der Waals surface area contributed by atoms with Gasteiger partial charge in [-0.25, -0.2) is 0 Å². The highest BCUT2D eigenvalue weighted by atomic mass is 16.5. The molecule has 0 atom stereocenters. The first-order valence-electron chi connectivity index (χ1n) is 8.93. The standard InChI is InChI=1S/C24H22O4/c1-15-5-6-20(14-22(15)28-4)24(26)18-9-7-17(8-10-18)23(25)19-11-12-21(27-3)16(2)13-19/h5-14H,1-4H3. The minimum absolute atomic E-state index is 0.0956. The van der Waals surface area contributed by atoms with E-state index in [1.807, 2.05) is 19.9 Å². The van der Waals surface area contributed by atoms with Gasteiger partial charge in [-0.15, -0.1) is 0 Å². The lowest BCUT2D eigenvalue weighted by Gasteiger charge is -2.09. The highest BCUT2D eigenvalue weighted by molar-refractivity contribution is 6.12. The van der Waals surface area contributed by atoms with Gasteiger partial charge < -0.3 is 9.47 Å². The maximum Gasteiger partial charge on any atom is 0.193 e. The summed E-state index contributed by atoms with van der Waals surface area (Å²) in [7, 11) is 3.18. The van der Waals surface area contributed by atoms with Crippen LogP contribution in [0.4, 0.5) is 0 Å². The van der Waals surface area contributed by atoms with E-state index < -0.39 is 0 Å². The third kappa shape index (κ3) is 3.81. The fraction of sp³-hybridized carbons (Fsp3) is 0.167. The normalized spacial score (nSPS) is 10.4. The van der Waals surface area contributed by atoms with Crippen LogP contribution in [0.25, 0.3) is 0 Å². The first-order valence-corrected chi connectivity index (χ1v) is 8.93. The van der Waals surface area contributed by atoms with Crippen LogP contribution >= 0.6 is 0 Å². The summed E-state index contributed by atoms with van der Waals surface area (Å²) in [4.78, 5) is 25.5. The Bertz CT molecular complexity index is 1030. The molecule has 0 aromatic heterocycles. The first-order chi connectivity index (χ1) is 13.4. The van der Waals surface area contributed by atoms with Gasteiger partial charge in [0.1, 0.15) is 11.5 Å². The van der Waals surface area contributed by atoms with Gasteiger partial charge in [0, 0.05) is 22.3 Å². The molecule has 0 aliphatic rings. The van der Waals surface area contributed by atoms with Gasteiger partial charge in [-0.05, 0) is 49.2 Å². The molecule has 0 unspecified atom stereocenters. The Morgan fingerprint density at radius 1 is 0.571 bits per heavy atom. The molecule has 0 spiro atoms. The molecule has 142 valence electrons. The number of benzene rings is 3. The van der Waals surface area contributed by atoms with Gasteiger partial charge in [0.2, 0.25) is 0 Å². The van der Waals surface area contributed by atoms with E-state index in [1.165, 1.54) is 0 Å². The first kappa shape index (κ1) is 19.4. The predicted molar refractivity (Wildman–Crippen MR) is 109 cm³/mol. The van der Waals surface area contributed by atoms with Crippen LogP contribution in [0.1, 0.15) is 43.0 Å². The minimum Gasteiger partial charge on any atom is -0.496 e. The average molecular weight is 374 g/mol. The summed E-state index contributed by atoms with van der Waals surface area (Å²) in [5.41, 5.74) is 4.05. The van der Waals surface area contributed by atoms with Crippen molar-refractivity contribution in [2.24, 2.45) is 0 Å². The highest BCUT2D eigenvalue weighted by Gasteiger charge is 2.14. The van der Waals surface area contributed by atoms with Crippen molar-refractivity contribution in [3.8, 4) is 11.5 Å². The number of ether oxygens (including phenoxy) is 2. The van der Waals surface area contributed by atoms with E-state index in [4.69, 9.17) is 9.47 Å². The van der Waals surface area contributed by atoms with E-state index in [-0.39, 0.29) is 11.6 Å². The molecule has 3 aromatic carbocycles. The molecule has 0 N–H and O–H groups in total. The molecule has 3 aromatic rings. The smallest absolute Gasteiger partial charge is 0.193 e. The van der Waals surface area contributed by atoms with Crippen molar-refractivity contribution in [2.75, 3.05) is 14.2 Å². The van der Waals surface area contributed by atoms with E-state index in [0.29, 0.717) is 28.0 Å². The Kier molecular flexibility index (Phi) is 5.59. The zero-order chi connectivity index (χ0) is 20.3. The Morgan fingerprint density at radius 3 is 1.54 bits per heavy atom. The Hall–Kier alpha value is -3.40. The molecule has 0 saturated carbocycles. The summed E-state index contributed by atoms with van der Waals surface area (Å²) in [5.74, 6) is 1.21. The topological polar surface area (TPSA) is 52.6 Å². The number of ketones is 2. The third-order valence-electron chi connectivity index (χ3n) is 4.74. The maximum atomic E-state index is 12.7. The fourth-order valence-electron chi connectivity index (χ4n) is 3.09. The van der Waals surface area contributed by atoms with Crippen molar-refractivity contribution in [1.82, 2.24) is 0 Å². The van der Waals surface area contributed by atoms with Gasteiger partial charge in [0.25, 0.3) is 0 Å². The van der Waals surface area contributed by atoms with Crippen molar-refractivity contribution in [1.29, 1.82) is 0 Å². The summed E-state index contributed by atoms with van der Waals surface area (Å²) in [5, 5.41) is 0. The molecule has 0 heterocycles. The van der Waals surface area contributed by atoms with Gasteiger partial charge in [0.05, 0.1) is 14.2 Å². The van der Waals surface area contributed by atoms with Crippen LogP contribution in [0.3, 0.4) is 0 Å². The molecule has 0 bridgehead atoms. The molecule has 0 amide bonds. The van der Waals surface area contributed by atoms with Gasteiger partial charge >= 0.3 is 0 Å². The zero-order valence-electron chi connectivity index (χ0n) is 16.4. The number of rotatable bonds is 6. The number of hydrogen-bond acceptors (Lipinski definition) is 4. The summed E-state index contributed by atoms with van der Waals surface area (Å²) < 4.78 is 10.5. The van der Waals surface area contributed by atoms with Gasteiger partial charge in [0.15, 0.2) is 11.6 Å². The van der Waals surface area contributed by atoms with Crippen LogP contribution in [-0.4, -0.2) is 25.8 Å². The molecule has 0 radical (unpaired) electrons. The lowest BCUT2D eigenvalue weighted by molar-refractivity contribution is 0.102. The molecule has 3 rings (SSSR count). The summed E-state index contributed by atoms with van der Waals surface area (Å²) in [6.07, 6.45) is 0. The SMILES string of the molecule is COc1ccc(C(=O)c2ccc(C(=O)c3ccc(C)c(OC)c3)cc2)cc1C. The monoisotopic (exact) mass is 374 g/mol. The van der Waals surface area contributed by atoms with Crippen LogP contribution in [-0.2, 0) is 0 Å². The van der Waals surface area contributed by atoms with Crippen LogP contribution in [0.2, 0.25) is 0 Å². The lowest BCUT2D eigenvalue weighted by atomic mass is 9.97. The van der Waals surface area contributed by atoms with Crippen molar-refractivity contribution in [2.45, 2.75) is 13.8 Å².